The Bertz CT molecular complexity index is 1070. The molecule has 0 fully saturated rings. The van der Waals surface area contributed by atoms with Gasteiger partial charge in [-0.1, -0.05) is 0 Å². The monoisotopic (exact) mass is 308 g/mol. The SMILES string of the molecule is CCOC(=O)c1cc2c(ccc3oc4ccc(C=O)cc4c32)o1. The van der Waals surface area contributed by atoms with E-state index in [0.29, 0.717) is 22.3 Å². The molecule has 4 aromatic rings. The summed E-state index contributed by atoms with van der Waals surface area (Å²) >= 11 is 0. The molecule has 114 valence electrons. The molecule has 0 aliphatic heterocycles. The summed E-state index contributed by atoms with van der Waals surface area (Å²) in [6, 6.07) is 10.4. The van der Waals surface area contributed by atoms with Gasteiger partial charge >= 0.3 is 5.97 Å². The van der Waals surface area contributed by atoms with Gasteiger partial charge in [-0.2, -0.15) is 0 Å². The van der Waals surface area contributed by atoms with Crippen molar-refractivity contribution >= 4 is 45.2 Å². The fourth-order valence-corrected chi connectivity index (χ4v) is 2.78. The van der Waals surface area contributed by atoms with Gasteiger partial charge in [0.15, 0.2) is 0 Å². The molecule has 0 unspecified atom stereocenters. The van der Waals surface area contributed by atoms with Gasteiger partial charge in [-0.05, 0) is 37.3 Å². The van der Waals surface area contributed by atoms with Crippen molar-refractivity contribution in [3.05, 3.63) is 47.7 Å². The minimum absolute atomic E-state index is 0.148. The zero-order chi connectivity index (χ0) is 16.0. The third-order valence-electron chi connectivity index (χ3n) is 3.77. The van der Waals surface area contributed by atoms with Crippen molar-refractivity contribution in [1.82, 2.24) is 0 Å². The van der Waals surface area contributed by atoms with Crippen LogP contribution in [-0.4, -0.2) is 18.9 Å². The normalized spacial score (nSPS) is 11.3. The summed E-state index contributed by atoms with van der Waals surface area (Å²) in [7, 11) is 0. The number of ether oxygens (including phenoxy) is 1. The number of aldehydes is 1. The second kappa shape index (κ2) is 4.98. The highest BCUT2D eigenvalue weighted by molar-refractivity contribution is 6.19. The fraction of sp³-hybridized carbons (Fsp3) is 0.111. The molecule has 5 heteroatoms. The Kier molecular flexibility index (Phi) is 2.94. The van der Waals surface area contributed by atoms with Crippen molar-refractivity contribution in [3.8, 4) is 0 Å². The standard InChI is InChI=1S/C18H12O5/c1-2-21-18(20)16-8-12-14(23-16)5-6-15-17(12)11-7-10(9-19)3-4-13(11)22-15/h3-9H,2H2,1H3. The van der Waals surface area contributed by atoms with Gasteiger partial charge in [0.1, 0.15) is 23.0 Å². The molecule has 0 amide bonds. The number of carbonyl (C=O) groups is 2. The van der Waals surface area contributed by atoms with Gasteiger partial charge in [0.25, 0.3) is 0 Å². The number of esters is 1. The third-order valence-corrected chi connectivity index (χ3v) is 3.77. The quantitative estimate of drug-likeness (QED) is 0.416. The highest BCUT2D eigenvalue weighted by Crippen LogP contribution is 2.36. The third kappa shape index (κ3) is 2.01. The largest absolute Gasteiger partial charge is 0.460 e. The van der Waals surface area contributed by atoms with E-state index in [-0.39, 0.29) is 12.4 Å². The number of rotatable bonds is 3. The van der Waals surface area contributed by atoms with Gasteiger partial charge in [-0.15, -0.1) is 0 Å². The lowest BCUT2D eigenvalue weighted by Crippen LogP contribution is -2.02. The maximum atomic E-state index is 11.9. The van der Waals surface area contributed by atoms with Gasteiger partial charge in [0.2, 0.25) is 5.76 Å². The molecule has 2 heterocycles. The highest BCUT2D eigenvalue weighted by Gasteiger charge is 2.18. The van der Waals surface area contributed by atoms with Crippen LogP contribution < -0.4 is 0 Å². The Balaban J connectivity index is 2.05. The van der Waals surface area contributed by atoms with Crippen LogP contribution in [-0.2, 0) is 4.74 Å². The summed E-state index contributed by atoms with van der Waals surface area (Å²) in [4.78, 5) is 22.9. The summed E-state index contributed by atoms with van der Waals surface area (Å²) in [5.41, 5.74) is 2.48. The van der Waals surface area contributed by atoms with Crippen LogP contribution in [0.2, 0.25) is 0 Å². The molecule has 0 aliphatic rings. The molecular formula is C18H12O5. The van der Waals surface area contributed by atoms with E-state index in [4.69, 9.17) is 13.6 Å². The Hall–Kier alpha value is -3.08. The van der Waals surface area contributed by atoms with Crippen molar-refractivity contribution in [2.45, 2.75) is 6.92 Å². The van der Waals surface area contributed by atoms with Gasteiger partial charge in [-0.25, -0.2) is 4.79 Å². The lowest BCUT2D eigenvalue weighted by atomic mass is 10.1. The number of hydrogen-bond acceptors (Lipinski definition) is 5. The van der Waals surface area contributed by atoms with Crippen LogP contribution >= 0.6 is 0 Å². The molecule has 0 N–H and O–H groups in total. The second-order valence-electron chi connectivity index (χ2n) is 5.16. The van der Waals surface area contributed by atoms with Crippen molar-refractivity contribution in [3.63, 3.8) is 0 Å². The van der Waals surface area contributed by atoms with Crippen LogP contribution in [0.3, 0.4) is 0 Å². The predicted molar refractivity (Wildman–Crippen MR) is 84.8 cm³/mol. The molecule has 0 saturated carbocycles. The average Bonchev–Trinajstić information content (AvgIpc) is 3.14. The van der Waals surface area contributed by atoms with Crippen LogP contribution in [0.4, 0.5) is 0 Å². The molecule has 23 heavy (non-hydrogen) atoms. The van der Waals surface area contributed by atoms with E-state index in [0.717, 1.165) is 22.4 Å². The predicted octanol–water partition coefficient (Wildman–Crippen LogP) is 4.32. The minimum atomic E-state index is -0.502. The zero-order valence-corrected chi connectivity index (χ0v) is 12.3. The van der Waals surface area contributed by atoms with Crippen molar-refractivity contribution in [2.24, 2.45) is 0 Å². The molecule has 0 spiro atoms. The summed E-state index contributed by atoms with van der Waals surface area (Å²) in [5, 5.41) is 2.39. The molecule has 4 rings (SSSR count). The zero-order valence-electron chi connectivity index (χ0n) is 12.3. The van der Waals surface area contributed by atoms with E-state index in [2.05, 4.69) is 0 Å². The first-order chi connectivity index (χ1) is 11.2. The lowest BCUT2D eigenvalue weighted by molar-refractivity contribution is 0.0492. The Morgan fingerprint density at radius 1 is 1.04 bits per heavy atom. The molecule has 0 radical (unpaired) electrons. The van der Waals surface area contributed by atoms with E-state index in [9.17, 15) is 9.59 Å². The first kappa shape index (κ1) is 13.6. The summed E-state index contributed by atoms with van der Waals surface area (Å²) in [5.74, 6) is -0.353. The minimum Gasteiger partial charge on any atom is -0.460 e. The number of carbonyl (C=O) groups excluding carboxylic acids is 2. The van der Waals surface area contributed by atoms with Crippen LogP contribution in [0.1, 0.15) is 27.8 Å². The van der Waals surface area contributed by atoms with E-state index >= 15 is 0 Å². The molecule has 5 nitrogen and oxygen atoms in total. The first-order valence-electron chi connectivity index (χ1n) is 7.22. The molecule has 0 bridgehead atoms. The maximum absolute atomic E-state index is 11.9. The smallest absolute Gasteiger partial charge is 0.374 e. The van der Waals surface area contributed by atoms with E-state index < -0.39 is 5.97 Å². The van der Waals surface area contributed by atoms with Crippen LogP contribution in [0.5, 0.6) is 0 Å². The van der Waals surface area contributed by atoms with E-state index in [1.54, 1.807) is 43.3 Å². The van der Waals surface area contributed by atoms with Crippen molar-refractivity contribution in [1.29, 1.82) is 0 Å². The van der Waals surface area contributed by atoms with Crippen molar-refractivity contribution < 1.29 is 23.2 Å². The first-order valence-corrected chi connectivity index (χ1v) is 7.22. The molecule has 0 saturated heterocycles. The second-order valence-corrected chi connectivity index (χ2v) is 5.16. The van der Waals surface area contributed by atoms with Gasteiger partial charge in [0, 0.05) is 27.8 Å². The molecule has 0 atom stereocenters. The average molecular weight is 308 g/mol. The van der Waals surface area contributed by atoms with Gasteiger partial charge in [0.05, 0.1) is 6.61 Å². The van der Waals surface area contributed by atoms with Crippen LogP contribution in [0, 0.1) is 0 Å². The van der Waals surface area contributed by atoms with E-state index in [1.165, 1.54) is 0 Å². The molecule has 2 aromatic heterocycles. The Labute approximate surface area is 130 Å². The van der Waals surface area contributed by atoms with Gasteiger partial charge in [-0.3, -0.25) is 4.79 Å². The van der Waals surface area contributed by atoms with Gasteiger partial charge < -0.3 is 13.6 Å². The number of benzene rings is 2. The highest BCUT2D eigenvalue weighted by atomic mass is 16.5. The fourth-order valence-electron chi connectivity index (χ4n) is 2.78. The molecule has 0 aliphatic carbocycles. The van der Waals surface area contributed by atoms with Crippen molar-refractivity contribution in [2.75, 3.05) is 6.61 Å². The Morgan fingerprint density at radius 3 is 2.52 bits per heavy atom. The summed E-state index contributed by atoms with van der Waals surface area (Å²) < 4.78 is 16.4. The lowest BCUT2D eigenvalue weighted by Gasteiger charge is -1.95. The number of hydrogen-bond donors (Lipinski definition) is 0. The topological polar surface area (TPSA) is 69.7 Å². The Morgan fingerprint density at radius 2 is 1.74 bits per heavy atom. The van der Waals surface area contributed by atoms with E-state index in [1.807, 2.05) is 0 Å². The number of fused-ring (bicyclic) bond motifs is 5. The molecule has 2 aromatic carbocycles. The summed E-state index contributed by atoms with van der Waals surface area (Å²) in [6.45, 7) is 2.02. The van der Waals surface area contributed by atoms with Crippen LogP contribution in [0.25, 0.3) is 32.9 Å². The van der Waals surface area contributed by atoms with Crippen LogP contribution in [0.15, 0.2) is 45.2 Å². The number of furan rings is 2. The molecular weight excluding hydrogens is 296 g/mol. The summed E-state index contributed by atoms with van der Waals surface area (Å²) in [6.07, 6.45) is 0.790. The maximum Gasteiger partial charge on any atom is 0.374 e.